The zero-order valence-corrected chi connectivity index (χ0v) is 19.9. The fourth-order valence-electron chi connectivity index (χ4n) is 4.45. The Kier molecular flexibility index (Phi) is 6.60. The number of carbonyl (C=O) groups excluding carboxylic acids is 1. The lowest BCUT2D eigenvalue weighted by Crippen LogP contribution is -2.22. The monoisotopic (exact) mass is 496 g/mol. The number of amides is 2. The van der Waals surface area contributed by atoms with Gasteiger partial charge in [0.1, 0.15) is 10.7 Å². The zero-order chi connectivity index (χ0) is 24.4. The molecular weight excluding hydrogens is 472 g/mol. The van der Waals surface area contributed by atoms with Crippen molar-refractivity contribution in [1.29, 1.82) is 0 Å². The molecule has 182 valence electrons. The highest BCUT2D eigenvalue weighted by atomic mass is 35.5. The van der Waals surface area contributed by atoms with Gasteiger partial charge in [0, 0.05) is 18.9 Å². The fraction of sp³-hybridized carbons (Fsp3) is 0.391. The van der Waals surface area contributed by atoms with Crippen LogP contribution in [0, 0.1) is 6.92 Å². The van der Waals surface area contributed by atoms with Gasteiger partial charge in [0.15, 0.2) is 5.65 Å². The van der Waals surface area contributed by atoms with E-state index in [-0.39, 0.29) is 12.5 Å². The van der Waals surface area contributed by atoms with Crippen LogP contribution in [0.5, 0.6) is 0 Å². The van der Waals surface area contributed by atoms with Crippen LogP contribution in [-0.2, 0) is 6.42 Å². The second kappa shape index (κ2) is 9.96. The van der Waals surface area contributed by atoms with Crippen molar-refractivity contribution in [2.75, 3.05) is 17.2 Å². The maximum absolute atomic E-state index is 12.9. The largest absolute Gasteiger partial charge is 0.396 e. The van der Waals surface area contributed by atoms with Crippen molar-refractivity contribution in [2.24, 2.45) is 0 Å². The number of hydrogen-bond donors (Lipinski definition) is 3. The highest BCUT2D eigenvalue weighted by Crippen LogP contribution is 2.38. The number of urea groups is 1. The Morgan fingerprint density at radius 3 is 2.83 bits per heavy atom. The summed E-state index contributed by atoms with van der Waals surface area (Å²) in [7, 11) is 0. The summed E-state index contributed by atoms with van der Waals surface area (Å²) in [5, 5.41) is 23.5. The SMILES string of the molecule is Cc1cc(NC(=O)Nc2cnc3c(Cl)cnn3c2C2CCCC2)cnc1-c1noc(CCCO)n1. The van der Waals surface area contributed by atoms with Crippen molar-refractivity contribution in [2.45, 2.75) is 51.4 Å². The van der Waals surface area contributed by atoms with Crippen molar-refractivity contribution in [3.05, 3.63) is 46.8 Å². The molecule has 1 saturated carbocycles. The van der Waals surface area contributed by atoms with E-state index in [1.54, 1.807) is 23.0 Å². The Labute approximate surface area is 205 Å². The maximum Gasteiger partial charge on any atom is 0.323 e. The van der Waals surface area contributed by atoms with E-state index in [9.17, 15) is 4.79 Å². The topological polar surface area (TPSA) is 143 Å². The van der Waals surface area contributed by atoms with Gasteiger partial charge in [-0.3, -0.25) is 4.98 Å². The molecule has 11 nitrogen and oxygen atoms in total. The molecule has 0 radical (unpaired) electrons. The van der Waals surface area contributed by atoms with E-state index in [0.29, 0.717) is 52.3 Å². The van der Waals surface area contributed by atoms with Gasteiger partial charge in [-0.25, -0.2) is 14.3 Å². The molecule has 35 heavy (non-hydrogen) atoms. The number of rotatable bonds is 7. The van der Waals surface area contributed by atoms with Gasteiger partial charge in [-0.15, -0.1) is 0 Å². The summed E-state index contributed by atoms with van der Waals surface area (Å²) in [6.45, 7) is 1.91. The predicted molar refractivity (Wildman–Crippen MR) is 130 cm³/mol. The predicted octanol–water partition coefficient (Wildman–Crippen LogP) is 4.36. The number of hydrogen-bond acceptors (Lipinski definition) is 8. The van der Waals surface area contributed by atoms with E-state index >= 15 is 0 Å². The van der Waals surface area contributed by atoms with Gasteiger partial charge in [0.25, 0.3) is 0 Å². The highest BCUT2D eigenvalue weighted by molar-refractivity contribution is 6.33. The molecule has 1 fully saturated rings. The number of halogens is 1. The van der Waals surface area contributed by atoms with Crippen LogP contribution in [0.15, 0.2) is 29.2 Å². The van der Waals surface area contributed by atoms with Crippen LogP contribution in [0.3, 0.4) is 0 Å². The molecule has 2 amide bonds. The molecule has 4 aromatic heterocycles. The van der Waals surface area contributed by atoms with Crippen molar-refractivity contribution >= 4 is 34.7 Å². The first-order valence-electron chi connectivity index (χ1n) is 11.5. The third kappa shape index (κ3) is 4.82. The molecule has 0 saturated heterocycles. The van der Waals surface area contributed by atoms with Gasteiger partial charge in [0.2, 0.25) is 11.7 Å². The summed E-state index contributed by atoms with van der Waals surface area (Å²) in [5.41, 5.74) is 3.95. The van der Waals surface area contributed by atoms with Gasteiger partial charge in [-0.1, -0.05) is 29.6 Å². The smallest absolute Gasteiger partial charge is 0.323 e. The number of pyridine rings is 1. The van der Waals surface area contributed by atoms with E-state index < -0.39 is 6.03 Å². The first-order chi connectivity index (χ1) is 17.0. The quantitative estimate of drug-likeness (QED) is 0.342. The van der Waals surface area contributed by atoms with E-state index in [0.717, 1.165) is 36.9 Å². The first kappa shape index (κ1) is 23.2. The summed E-state index contributed by atoms with van der Waals surface area (Å²) in [6.07, 6.45) is 10.1. The summed E-state index contributed by atoms with van der Waals surface area (Å²) in [5.74, 6) is 1.08. The van der Waals surface area contributed by atoms with Crippen molar-refractivity contribution in [3.63, 3.8) is 0 Å². The number of aliphatic hydroxyl groups excluding tert-OH is 1. The van der Waals surface area contributed by atoms with E-state index in [1.165, 1.54) is 6.20 Å². The lowest BCUT2D eigenvalue weighted by atomic mass is 10.0. The molecular formula is C23H25ClN8O3. The zero-order valence-electron chi connectivity index (χ0n) is 19.2. The standard InChI is InChI=1S/C23H25ClN8O3/c1-13-9-15(10-25-19(13)21-30-18(35-31-21)7-4-8-33)28-23(34)29-17-12-26-22-16(24)11-27-32(22)20(17)14-5-2-3-6-14/h9-12,14,33H,2-8H2,1H3,(H2,28,29,34). The summed E-state index contributed by atoms with van der Waals surface area (Å²) in [6, 6.07) is 1.38. The van der Waals surface area contributed by atoms with Crippen LogP contribution < -0.4 is 10.6 Å². The first-order valence-corrected chi connectivity index (χ1v) is 11.9. The third-order valence-electron chi connectivity index (χ3n) is 6.08. The van der Waals surface area contributed by atoms with E-state index in [2.05, 4.69) is 35.8 Å². The molecule has 0 aliphatic heterocycles. The molecule has 0 bridgehead atoms. The lowest BCUT2D eigenvalue weighted by molar-refractivity contribution is 0.262. The summed E-state index contributed by atoms with van der Waals surface area (Å²) < 4.78 is 6.94. The minimum Gasteiger partial charge on any atom is -0.396 e. The fourth-order valence-corrected chi connectivity index (χ4v) is 4.63. The van der Waals surface area contributed by atoms with Crippen molar-refractivity contribution in [1.82, 2.24) is 29.7 Å². The van der Waals surface area contributed by atoms with Crippen LogP contribution in [0.4, 0.5) is 16.2 Å². The lowest BCUT2D eigenvalue weighted by Gasteiger charge is -2.17. The Hall–Kier alpha value is -3.57. The number of aryl methyl sites for hydroxylation is 2. The van der Waals surface area contributed by atoms with Gasteiger partial charge in [-0.2, -0.15) is 10.1 Å². The second-order valence-corrected chi connectivity index (χ2v) is 8.98. The van der Waals surface area contributed by atoms with Crippen molar-refractivity contribution < 1.29 is 14.4 Å². The Morgan fingerprint density at radius 2 is 2.06 bits per heavy atom. The van der Waals surface area contributed by atoms with Gasteiger partial charge < -0.3 is 20.3 Å². The molecule has 0 spiro atoms. The minimum absolute atomic E-state index is 0.0547. The van der Waals surface area contributed by atoms with Crippen LogP contribution in [-0.4, -0.2) is 47.5 Å². The number of aliphatic hydroxyl groups is 1. The molecule has 0 aromatic carbocycles. The van der Waals surface area contributed by atoms with Crippen molar-refractivity contribution in [3.8, 4) is 11.5 Å². The van der Waals surface area contributed by atoms with Gasteiger partial charge in [-0.05, 0) is 37.8 Å². The number of fused-ring (bicyclic) bond motifs is 1. The molecule has 4 aromatic rings. The number of carbonyl (C=O) groups is 1. The van der Waals surface area contributed by atoms with Crippen LogP contribution in [0.1, 0.15) is 55.2 Å². The minimum atomic E-state index is -0.413. The number of nitrogens with zero attached hydrogens (tertiary/aromatic N) is 6. The normalized spacial score (nSPS) is 14.0. The molecule has 3 N–H and O–H groups in total. The molecule has 0 atom stereocenters. The Morgan fingerprint density at radius 1 is 1.23 bits per heavy atom. The average Bonchev–Trinajstić information content (AvgIpc) is 3.60. The summed E-state index contributed by atoms with van der Waals surface area (Å²) >= 11 is 6.23. The van der Waals surface area contributed by atoms with E-state index in [4.69, 9.17) is 21.2 Å². The van der Waals surface area contributed by atoms with Crippen LogP contribution in [0.2, 0.25) is 5.02 Å². The van der Waals surface area contributed by atoms with Crippen LogP contribution >= 0.6 is 11.6 Å². The molecule has 0 unspecified atom stereocenters. The second-order valence-electron chi connectivity index (χ2n) is 8.57. The number of anilines is 2. The maximum atomic E-state index is 12.9. The Bertz CT molecular complexity index is 1360. The Balaban J connectivity index is 1.33. The third-order valence-corrected chi connectivity index (χ3v) is 6.34. The van der Waals surface area contributed by atoms with Gasteiger partial charge >= 0.3 is 6.03 Å². The highest BCUT2D eigenvalue weighted by Gasteiger charge is 2.25. The molecule has 4 heterocycles. The molecule has 1 aliphatic rings. The molecule has 12 heteroatoms. The molecule has 1 aliphatic carbocycles. The van der Waals surface area contributed by atoms with E-state index in [1.807, 2.05) is 6.92 Å². The van der Waals surface area contributed by atoms with Gasteiger partial charge in [0.05, 0.1) is 35.7 Å². The average molecular weight is 497 g/mol. The number of nitrogens with one attached hydrogen (secondary N) is 2. The number of aromatic nitrogens is 6. The summed E-state index contributed by atoms with van der Waals surface area (Å²) in [4.78, 5) is 26.0. The molecule has 5 rings (SSSR count). The van der Waals surface area contributed by atoms with Crippen LogP contribution in [0.25, 0.3) is 17.2 Å².